The third-order valence-electron chi connectivity index (χ3n) is 2.70. The summed E-state index contributed by atoms with van der Waals surface area (Å²) in [6.07, 6.45) is 8.11. The van der Waals surface area contributed by atoms with Gasteiger partial charge < -0.3 is 5.11 Å². The minimum absolute atomic E-state index is 0.107. The molecule has 0 radical (unpaired) electrons. The normalized spacial score (nSPS) is 14.9. The molecule has 1 heterocycles. The van der Waals surface area contributed by atoms with Gasteiger partial charge in [-0.15, -0.1) is 0 Å². The first-order valence-electron chi connectivity index (χ1n) is 4.94. The fourth-order valence-corrected chi connectivity index (χ4v) is 2.05. The molecule has 1 aliphatic rings. The third kappa shape index (κ3) is 1.76. The Morgan fingerprint density at radius 2 is 2.14 bits per heavy atom. The second kappa shape index (κ2) is 3.78. The smallest absolute Gasteiger partial charge is 0.307 e. The number of rotatable bonds is 2. The standard InChI is InChI=1S/C11H13NO2/c13-11(14)5-9-7-12-6-8-3-1-2-4-10(8)9/h6-7H,1-5H2,(H,13,14). The van der Waals surface area contributed by atoms with Crippen molar-refractivity contribution in [2.45, 2.75) is 32.1 Å². The first-order valence-corrected chi connectivity index (χ1v) is 4.94. The number of carboxylic acids is 1. The number of aromatic nitrogens is 1. The average molecular weight is 191 g/mol. The Balaban J connectivity index is 2.35. The molecule has 2 rings (SSSR count). The Bertz CT molecular complexity index is 360. The number of carboxylic acid groups (broad SMARTS) is 1. The highest BCUT2D eigenvalue weighted by atomic mass is 16.4. The highest BCUT2D eigenvalue weighted by molar-refractivity contribution is 5.70. The monoisotopic (exact) mass is 191 g/mol. The third-order valence-corrected chi connectivity index (χ3v) is 2.70. The van der Waals surface area contributed by atoms with Crippen LogP contribution in [0, 0.1) is 0 Å². The molecule has 0 fully saturated rings. The Hall–Kier alpha value is -1.38. The Labute approximate surface area is 82.8 Å². The summed E-state index contributed by atoms with van der Waals surface area (Å²) in [6, 6.07) is 0. The van der Waals surface area contributed by atoms with Gasteiger partial charge in [0.15, 0.2) is 0 Å². The van der Waals surface area contributed by atoms with Crippen molar-refractivity contribution >= 4 is 5.97 Å². The van der Waals surface area contributed by atoms with Crippen LogP contribution in [0.15, 0.2) is 12.4 Å². The van der Waals surface area contributed by atoms with Gasteiger partial charge in [0, 0.05) is 12.4 Å². The van der Waals surface area contributed by atoms with Crippen LogP contribution in [-0.4, -0.2) is 16.1 Å². The van der Waals surface area contributed by atoms with Crippen LogP contribution in [0.1, 0.15) is 29.5 Å². The summed E-state index contributed by atoms with van der Waals surface area (Å²) >= 11 is 0. The number of hydrogen-bond donors (Lipinski definition) is 1. The fourth-order valence-electron chi connectivity index (χ4n) is 2.05. The highest BCUT2D eigenvalue weighted by Crippen LogP contribution is 2.23. The molecule has 1 aliphatic carbocycles. The molecular formula is C11H13NO2. The van der Waals surface area contributed by atoms with Crippen molar-refractivity contribution in [2.75, 3.05) is 0 Å². The predicted molar refractivity (Wildman–Crippen MR) is 52.2 cm³/mol. The van der Waals surface area contributed by atoms with E-state index in [1.54, 1.807) is 6.20 Å². The second-order valence-corrected chi connectivity index (χ2v) is 3.71. The molecule has 0 bridgehead atoms. The van der Waals surface area contributed by atoms with Crippen LogP contribution in [0.5, 0.6) is 0 Å². The molecule has 14 heavy (non-hydrogen) atoms. The van der Waals surface area contributed by atoms with E-state index in [9.17, 15) is 4.79 Å². The zero-order valence-electron chi connectivity index (χ0n) is 7.99. The topological polar surface area (TPSA) is 50.2 Å². The van der Waals surface area contributed by atoms with E-state index >= 15 is 0 Å². The molecule has 74 valence electrons. The summed E-state index contributed by atoms with van der Waals surface area (Å²) in [5.41, 5.74) is 3.37. The van der Waals surface area contributed by atoms with Crippen molar-refractivity contribution in [3.8, 4) is 0 Å². The molecule has 1 N–H and O–H groups in total. The van der Waals surface area contributed by atoms with Crippen LogP contribution in [0.25, 0.3) is 0 Å². The molecule has 0 unspecified atom stereocenters. The molecule has 0 aliphatic heterocycles. The molecule has 0 spiro atoms. The highest BCUT2D eigenvalue weighted by Gasteiger charge is 2.14. The largest absolute Gasteiger partial charge is 0.481 e. The van der Waals surface area contributed by atoms with Gasteiger partial charge in [0.05, 0.1) is 6.42 Å². The SMILES string of the molecule is O=C(O)Cc1cncc2c1CCCC2. The van der Waals surface area contributed by atoms with Crippen molar-refractivity contribution in [1.82, 2.24) is 4.98 Å². The first-order chi connectivity index (χ1) is 6.77. The van der Waals surface area contributed by atoms with Gasteiger partial charge in [-0.25, -0.2) is 0 Å². The average Bonchev–Trinajstić information content (AvgIpc) is 2.18. The van der Waals surface area contributed by atoms with E-state index in [2.05, 4.69) is 4.98 Å². The molecular weight excluding hydrogens is 178 g/mol. The number of hydrogen-bond acceptors (Lipinski definition) is 2. The van der Waals surface area contributed by atoms with Crippen molar-refractivity contribution < 1.29 is 9.90 Å². The van der Waals surface area contributed by atoms with E-state index in [-0.39, 0.29) is 6.42 Å². The minimum Gasteiger partial charge on any atom is -0.481 e. The van der Waals surface area contributed by atoms with Gasteiger partial charge in [0.1, 0.15) is 0 Å². The number of aryl methyl sites for hydroxylation is 1. The lowest BCUT2D eigenvalue weighted by Crippen LogP contribution is -2.10. The maximum atomic E-state index is 10.6. The second-order valence-electron chi connectivity index (χ2n) is 3.71. The Morgan fingerprint density at radius 3 is 2.93 bits per heavy atom. The van der Waals surface area contributed by atoms with Crippen molar-refractivity contribution in [2.24, 2.45) is 0 Å². The number of pyridine rings is 1. The summed E-state index contributed by atoms with van der Waals surface area (Å²) in [4.78, 5) is 14.7. The molecule has 0 atom stereocenters. The van der Waals surface area contributed by atoms with E-state index in [0.29, 0.717) is 0 Å². The van der Waals surface area contributed by atoms with Gasteiger partial charge in [0.2, 0.25) is 0 Å². The lowest BCUT2D eigenvalue weighted by molar-refractivity contribution is -0.136. The van der Waals surface area contributed by atoms with Gasteiger partial charge in [-0.2, -0.15) is 0 Å². The lowest BCUT2D eigenvalue weighted by Gasteiger charge is -2.17. The molecule has 1 aromatic rings. The molecule has 0 amide bonds. The van der Waals surface area contributed by atoms with E-state index in [0.717, 1.165) is 18.4 Å². The number of fused-ring (bicyclic) bond motifs is 1. The quantitative estimate of drug-likeness (QED) is 0.772. The molecule has 0 saturated heterocycles. The first kappa shape index (κ1) is 9.19. The molecule has 3 nitrogen and oxygen atoms in total. The van der Waals surface area contributed by atoms with Crippen LogP contribution in [0.2, 0.25) is 0 Å². The van der Waals surface area contributed by atoms with Crippen LogP contribution in [0.4, 0.5) is 0 Å². The van der Waals surface area contributed by atoms with Gasteiger partial charge in [-0.1, -0.05) is 0 Å². The van der Waals surface area contributed by atoms with Gasteiger partial charge in [-0.3, -0.25) is 9.78 Å². The fraction of sp³-hybridized carbons (Fsp3) is 0.455. The lowest BCUT2D eigenvalue weighted by atomic mass is 9.89. The zero-order chi connectivity index (χ0) is 9.97. The summed E-state index contributed by atoms with van der Waals surface area (Å²) in [6.45, 7) is 0. The molecule has 3 heteroatoms. The summed E-state index contributed by atoms with van der Waals surface area (Å²) in [5.74, 6) is -0.772. The van der Waals surface area contributed by atoms with E-state index < -0.39 is 5.97 Å². The Kier molecular flexibility index (Phi) is 2.48. The van der Waals surface area contributed by atoms with Gasteiger partial charge in [0.25, 0.3) is 0 Å². The van der Waals surface area contributed by atoms with Crippen molar-refractivity contribution in [3.05, 3.63) is 29.1 Å². The van der Waals surface area contributed by atoms with Gasteiger partial charge >= 0.3 is 5.97 Å². The number of aliphatic carboxylic acids is 1. The van der Waals surface area contributed by atoms with Gasteiger partial charge in [-0.05, 0) is 42.4 Å². The number of nitrogens with zero attached hydrogens (tertiary/aromatic N) is 1. The summed E-state index contributed by atoms with van der Waals surface area (Å²) in [5, 5.41) is 8.74. The zero-order valence-corrected chi connectivity index (χ0v) is 7.99. The van der Waals surface area contributed by atoms with Crippen LogP contribution < -0.4 is 0 Å². The molecule has 0 aromatic carbocycles. The van der Waals surface area contributed by atoms with E-state index in [1.807, 2.05) is 6.20 Å². The van der Waals surface area contributed by atoms with Crippen molar-refractivity contribution in [1.29, 1.82) is 0 Å². The molecule has 1 aromatic heterocycles. The van der Waals surface area contributed by atoms with Crippen LogP contribution >= 0.6 is 0 Å². The predicted octanol–water partition coefficient (Wildman–Crippen LogP) is 1.59. The van der Waals surface area contributed by atoms with E-state index in [4.69, 9.17) is 5.11 Å². The van der Waals surface area contributed by atoms with Crippen LogP contribution in [-0.2, 0) is 24.1 Å². The number of carbonyl (C=O) groups is 1. The van der Waals surface area contributed by atoms with Crippen molar-refractivity contribution in [3.63, 3.8) is 0 Å². The van der Waals surface area contributed by atoms with Crippen LogP contribution in [0.3, 0.4) is 0 Å². The minimum atomic E-state index is -0.772. The summed E-state index contributed by atoms with van der Waals surface area (Å²) < 4.78 is 0. The maximum absolute atomic E-state index is 10.6. The molecule has 0 saturated carbocycles. The van der Waals surface area contributed by atoms with E-state index in [1.165, 1.54) is 24.0 Å². The Morgan fingerprint density at radius 1 is 1.36 bits per heavy atom. The maximum Gasteiger partial charge on any atom is 0.307 e. The summed E-state index contributed by atoms with van der Waals surface area (Å²) in [7, 11) is 0.